The van der Waals surface area contributed by atoms with Gasteiger partial charge in [-0.3, -0.25) is 9.59 Å². The van der Waals surface area contributed by atoms with Gasteiger partial charge in [-0.05, 0) is 69.4 Å². The summed E-state index contributed by atoms with van der Waals surface area (Å²) < 4.78 is 5.78. The first-order valence-electron chi connectivity index (χ1n) is 8.98. The van der Waals surface area contributed by atoms with E-state index in [0.717, 1.165) is 32.1 Å². The monoisotopic (exact) mass is 424 g/mol. The third-order valence-corrected chi connectivity index (χ3v) is 7.35. The molecule has 3 atom stereocenters. The van der Waals surface area contributed by atoms with Gasteiger partial charge in [0, 0.05) is 14.9 Å². The van der Waals surface area contributed by atoms with Crippen LogP contribution < -0.4 is 0 Å². The summed E-state index contributed by atoms with van der Waals surface area (Å²) in [7, 11) is 0. The van der Waals surface area contributed by atoms with Gasteiger partial charge in [0.2, 0.25) is 5.78 Å². The molecule has 4 aliphatic carbocycles. The molecule has 5 rings (SSSR count). The highest BCUT2D eigenvalue weighted by molar-refractivity contribution is 9.10. The van der Waals surface area contributed by atoms with E-state index in [1.807, 2.05) is 0 Å². The van der Waals surface area contributed by atoms with E-state index in [1.54, 1.807) is 31.2 Å². The van der Waals surface area contributed by atoms with Crippen LogP contribution >= 0.6 is 27.5 Å². The largest absolute Gasteiger partial charge is 0.454 e. The first-order valence-corrected chi connectivity index (χ1v) is 10.2. The zero-order chi connectivity index (χ0) is 17.8. The van der Waals surface area contributed by atoms with E-state index < -0.39 is 11.5 Å². The second kappa shape index (κ2) is 6.09. The lowest BCUT2D eigenvalue weighted by Gasteiger charge is -2.58. The molecule has 3 nitrogen and oxygen atoms in total. The van der Waals surface area contributed by atoms with Gasteiger partial charge in [0.15, 0.2) is 6.10 Å². The van der Waals surface area contributed by atoms with Crippen LogP contribution in [-0.2, 0) is 9.53 Å². The topological polar surface area (TPSA) is 43.4 Å². The predicted octanol–water partition coefficient (Wildman–Crippen LogP) is 5.19. The van der Waals surface area contributed by atoms with Crippen LogP contribution in [-0.4, -0.2) is 22.2 Å². The molecule has 134 valence electrons. The van der Waals surface area contributed by atoms with Crippen molar-refractivity contribution >= 4 is 39.3 Å². The molecule has 0 radical (unpaired) electrons. The zero-order valence-electron chi connectivity index (χ0n) is 14.3. The molecule has 25 heavy (non-hydrogen) atoms. The van der Waals surface area contributed by atoms with Crippen LogP contribution in [0.4, 0.5) is 0 Å². The molecule has 0 aliphatic heterocycles. The summed E-state index contributed by atoms with van der Waals surface area (Å²) in [6, 6.07) is 6.78. The number of carbonyl (C=O) groups excluding carboxylic acids is 2. The SMILES string of the molecule is CC(OC(=O)C12CC3CC(CC(Br)(C3)C1)C2)C(=O)c1cccc(Cl)c1. The Balaban J connectivity index is 1.49. The zero-order valence-corrected chi connectivity index (χ0v) is 16.6. The lowest BCUT2D eigenvalue weighted by molar-refractivity contribution is -0.172. The van der Waals surface area contributed by atoms with Gasteiger partial charge < -0.3 is 4.74 Å². The maximum Gasteiger partial charge on any atom is 0.312 e. The number of carbonyl (C=O) groups is 2. The van der Waals surface area contributed by atoms with E-state index in [-0.39, 0.29) is 16.1 Å². The van der Waals surface area contributed by atoms with E-state index in [9.17, 15) is 9.59 Å². The van der Waals surface area contributed by atoms with Gasteiger partial charge in [-0.25, -0.2) is 0 Å². The number of alkyl halides is 1. The highest BCUT2D eigenvalue weighted by Crippen LogP contribution is 2.64. The summed E-state index contributed by atoms with van der Waals surface area (Å²) in [5, 5.41) is 0.506. The molecule has 4 saturated carbocycles. The van der Waals surface area contributed by atoms with Crippen molar-refractivity contribution in [3.8, 4) is 0 Å². The van der Waals surface area contributed by atoms with E-state index >= 15 is 0 Å². The van der Waals surface area contributed by atoms with Crippen molar-refractivity contribution < 1.29 is 14.3 Å². The van der Waals surface area contributed by atoms with Crippen LogP contribution in [0.25, 0.3) is 0 Å². The number of halogens is 2. The van der Waals surface area contributed by atoms with Crippen LogP contribution in [0.1, 0.15) is 55.8 Å². The van der Waals surface area contributed by atoms with Crippen LogP contribution in [0.2, 0.25) is 5.02 Å². The summed E-state index contributed by atoms with van der Waals surface area (Å²) in [6.07, 6.45) is 5.43. The maximum atomic E-state index is 13.0. The Labute approximate surface area is 161 Å². The summed E-state index contributed by atoms with van der Waals surface area (Å²) in [4.78, 5) is 25.6. The van der Waals surface area contributed by atoms with E-state index in [2.05, 4.69) is 15.9 Å². The minimum Gasteiger partial charge on any atom is -0.454 e. The van der Waals surface area contributed by atoms with Gasteiger partial charge in [-0.2, -0.15) is 0 Å². The minimum absolute atomic E-state index is 0.0936. The summed E-state index contributed by atoms with van der Waals surface area (Å²) in [6.45, 7) is 1.66. The standard InChI is InChI=1S/C20H22BrClO3/c1-12(17(23)15-3-2-4-16(22)6-15)25-18(24)19-7-13-5-14(8-19)10-20(21,9-13)11-19/h2-4,6,12-14H,5,7-11H2,1H3. The average molecular weight is 426 g/mol. The lowest BCUT2D eigenvalue weighted by Crippen LogP contribution is -2.56. The van der Waals surface area contributed by atoms with Crippen molar-refractivity contribution in [2.45, 2.75) is 55.9 Å². The fourth-order valence-corrected chi connectivity index (χ4v) is 7.25. The molecule has 0 aromatic heterocycles. The molecule has 4 bridgehead atoms. The number of Topliss-reactive ketones (excluding diaryl/α,β-unsaturated/α-hetero) is 1. The maximum absolute atomic E-state index is 13.0. The van der Waals surface area contributed by atoms with Crippen molar-refractivity contribution in [3.05, 3.63) is 34.9 Å². The summed E-state index contributed by atoms with van der Waals surface area (Å²) in [5.41, 5.74) is 0.0754. The second-order valence-electron chi connectivity index (χ2n) is 8.31. The average Bonchev–Trinajstić information content (AvgIpc) is 2.51. The van der Waals surface area contributed by atoms with Crippen molar-refractivity contribution in [2.24, 2.45) is 17.3 Å². The minimum atomic E-state index is -0.787. The molecule has 0 saturated heterocycles. The Morgan fingerprint density at radius 2 is 1.92 bits per heavy atom. The normalized spacial score (nSPS) is 36.9. The molecule has 0 amide bonds. The van der Waals surface area contributed by atoms with Crippen molar-refractivity contribution in [1.29, 1.82) is 0 Å². The molecular formula is C20H22BrClO3. The molecule has 1 aromatic carbocycles. The predicted molar refractivity (Wildman–Crippen MR) is 100 cm³/mol. The van der Waals surface area contributed by atoms with Crippen LogP contribution in [0.3, 0.4) is 0 Å². The molecule has 0 N–H and O–H groups in total. The van der Waals surface area contributed by atoms with Gasteiger partial charge >= 0.3 is 5.97 Å². The van der Waals surface area contributed by atoms with Gasteiger partial charge in [0.1, 0.15) is 0 Å². The van der Waals surface area contributed by atoms with Gasteiger partial charge in [0.25, 0.3) is 0 Å². The fourth-order valence-electron chi connectivity index (χ4n) is 5.61. The number of ether oxygens (including phenoxy) is 1. The Bertz CT molecular complexity index is 717. The number of rotatable bonds is 4. The highest BCUT2D eigenvalue weighted by atomic mass is 79.9. The van der Waals surface area contributed by atoms with Crippen molar-refractivity contribution in [3.63, 3.8) is 0 Å². The third kappa shape index (κ3) is 3.16. The van der Waals surface area contributed by atoms with Gasteiger partial charge in [-0.1, -0.05) is 39.7 Å². The number of hydrogen-bond acceptors (Lipinski definition) is 3. The molecule has 4 fully saturated rings. The summed E-state index contributed by atoms with van der Waals surface area (Å²) in [5.74, 6) is 0.821. The number of hydrogen-bond donors (Lipinski definition) is 0. The Hall–Kier alpha value is -0.870. The second-order valence-corrected chi connectivity index (χ2v) is 10.4. The van der Waals surface area contributed by atoms with E-state index in [1.165, 1.54) is 6.42 Å². The molecular weight excluding hydrogens is 404 g/mol. The van der Waals surface area contributed by atoms with Crippen molar-refractivity contribution in [1.82, 2.24) is 0 Å². The van der Waals surface area contributed by atoms with Gasteiger partial charge in [-0.15, -0.1) is 0 Å². The molecule has 4 aliphatic rings. The number of ketones is 1. The molecule has 0 heterocycles. The number of esters is 1. The number of benzene rings is 1. The van der Waals surface area contributed by atoms with E-state index in [0.29, 0.717) is 22.4 Å². The van der Waals surface area contributed by atoms with Crippen LogP contribution in [0.15, 0.2) is 24.3 Å². The quantitative estimate of drug-likeness (QED) is 0.379. The lowest BCUT2D eigenvalue weighted by atomic mass is 9.49. The molecule has 5 heteroatoms. The summed E-state index contributed by atoms with van der Waals surface area (Å²) >= 11 is 9.87. The molecule has 1 aromatic rings. The highest BCUT2D eigenvalue weighted by Gasteiger charge is 2.60. The first-order chi connectivity index (χ1) is 11.8. The Kier molecular flexibility index (Phi) is 4.27. The van der Waals surface area contributed by atoms with Gasteiger partial charge in [0.05, 0.1) is 5.41 Å². The fraction of sp³-hybridized carbons (Fsp3) is 0.600. The van der Waals surface area contributed by atoms with E-state index in [4.69, 9.17) is 16.3 Å². The molecule has 3 unspecified atom stereocenters. The molecule has 0 spiro atoms. The smallest absolute Gasteiger partial charge is 0.312 e. The third-order valence-electron chi connectivity index (χ3n) is 6.18. The first kappa shape index (κ1) is 17.5. The van der Waals surface area contributed by atoms with Crippen LogP contribution in [0.5, 0.6) is 0 Å². The Morgan fingerprint density at radius 1 is 1.24 bits per heavy atom. The van der Waals surface area contributed by atoms with Crippen LogP contribution in [0, 0.1) is 17.3 Å². The van der Waals surface area contributed by atoms with Crippen molar-refractivity contribution in [2.75, 3.05) is 0 Å². The Morgan fingerprint density at radius 3 is 2.52 bits per heavy atom.